The second-order valence-corrected chi connectivity index (χ2v) is 8.25. The predicted molar refractivity (Wildman–Crippen MR) is 111 cm³/mol. The Morgan fingerprint density at radius 3 is 2.37 bits per heavy atom. The van der Waals surface area contributed by atoms with Crippen molar-refractivity contribution in [2.45, 2.75) is 25.9 Å². The molecule has 0 saturated carbocycles. The van der Waals surface area contributed by atoms with Crippen LogP contribution in [0.2, 0.25) is 0 Å². The number of pyridine rings is 1. The lowest BCUT2D eigenvalue weighted by Gasteiger charge is -2.36. The minimum atomic E-state index is -0.437. The fourth-order valence-electron chi connectivity index (χ4n) is 2.75. The minimum Gasteiger partial charge on any atom is -0.367 e. The lowest BCUT2D eigenvalue weighted by molar-refractivity contribution is -0.123. The van der Waals surface area contributed by atoms with Gasteiger partial charge in [-0.05, 0) is 24.5 Å². The van der Waals surface area contributed by atoms with Crippen LogP contribution in [0, 0.1) is 5.41 Å². The number of anilines is 3. The number of rotatable bonds is 4. The first-order valence-electron chi connectivity index (χ1n) is 9.01. The lowest BCUT2D eigenvalue weighted by Crippen LogP contribution is -2.46. The molecule has 0 spiro atoms. The fraction of sp³-hybridized carbons (Fsp3) is 0.474. The van der Waals surface area contributed by atoms with Crippen LogP contribution in [0.15, 0.2) is 35.7 Å². The van der Waals surface area contributed by atoms with E-state index in [-0.39, 0.29) is 5.91 Å². The van der Waals surface area contributed by atoms with Crippen molar-refractivity contribution in [2.24, 2.45) is 5.41 Å². The number of carbonyl (C=O) groups is 1. The molecule has 0 bridgehead atoms. The van der Waals surface area contributed by atoms with E-state index >= 15 is 0 Å². The zero-order chi connectivity index (χ0) is 19.4. The highest BCUT2D eigenvalue weighted by Crippen LogP contribution is 2.22. The summed E-state index contributed by atoms with van der Waals surface area (Å²) in [6.07, 6.45) is 5.62. The van der Waals surface area contributed by atoms with Crippen LogP contribution in [-0.2, 0) is 4.79 Å². The molecule has 0 radical (unpaired) electrons. The molecule has 0 unspecified atom stereocenters. The van der Waals surface area contributed by atoms with Crippen molar-refractivity contribution in [3.63, 3.8) is 0 Å². The summed E-state index contributed by atoms with van der Waals surface area (Å²) in [5.41, 5.74) is 0.629. The highest BCUT2D eigenvalue weighted by atomic mass is 32.2. The average Bonchev–Trinajstić information content (AvgIpc) is 2.68. The maximum Gasteiger partial charge on any atom is 0.230 e. The molecule has 0 aliphatic carbocycles. The van der Waals surface area contributed by atoms with Gasteiger partial charge in [0.05, 0.1) is 11.9 Å². The number of hydrogen-bond acceptors (Lipinski definition) is 7. The van der Waals surface area contributed by atoms with Crippen molar-refractivity contribution in [3.8, 4) is 0 Å². The molecule has 27 heavy (non-hydrogen) atoms. The Kier molecular flexibility index (Phi) is 5.84. The average molecular weight is 387 g/mol. The van der Waals surface area contributed by atoms with Gasteiger partial charge in [-0.3, -0.25) is 4.79 Å². The molecule has 1 amide bonds. The molecular formula is C19H26N6OS. The Hall–Kier alpha value is -2.35. The summed E-state index contributed by atoms with van der Waals surface area (Å²) in [4.78, 5) is 29.9. The van der Waals surface area contributed by atoms with E-state index in [1.54, 1.807) is 11.8 Å². The van der Waals surface area contributed by atoms with Gasteiger partial charge in [-0.1, -0.05) is 32.5 Å². The SMILES string of the molecule is CSc1nccc(N2CCN(c3ccc(NC(=O)C(C)(C)C)nc3)CC2)n1. The fourth-order valence-corrected chi connectivity index (χ4v) is 3.10. The van der Waals surface area contributed by atoms with Crippen molar-refractivity contribution in [1.82, 2.24) is 15.0 Å². The Balaban J connectivity index is 1.58. The topological polar surface area (TPSA) is 74.2 Å². The quantitative estimate of drug-likeness (QED) is 0.640. The first-order valence-corrected chi connectivity index (χ1v) is 10.2. The third kappa shape index (κ3) is 4.88. The maximum absolute atomic E-state index is 12.1. The highest BCUT2D eigenvalue weighted by Gasteiger charge is 2.22. The van der Waals surface area contributed by atoms with E-state index in [0.29, 0.717) is 5.82 Å². The second kappa shape index (κ2) is 8.12. The van der Waals surface area contributed by atoms with Crippen LogP contribution in [0.5, 0.6) is 0 Å². The molecule has 1 aliphatic heterocycles. The molecular weight excluding hydrogens is 360 g/mol. The van der Waals surface area contributed by atoms with Gasteiger partial charge in [-0.15, -0.1) is 0 Å². The zero-order valence-corrected chi connectivity index (χ0v) is 17.1. The smallest absolute Gasteiger partial charge is 0.230 e. The standard InChI is InChI=1S/C19H26N6OS/c1-19(2,3)17(26)22-15-6-5-14(13-21-15)24-9-11-25(12-10-24)16-7-8-20-18(23-16)27-4/h5-8,13H,9-12H2,1-4H3,(H,21,22,26). The van der Waals surface area contributed by atoms with Gasteiger partial charge in [0.15, 0.2) is 5.16 Å². The van der Waals surface area contributed by atoms with Crippen LogP contribution in [0.25, 0.3) is 0 Å². The van der Waals surface area contributed by atoms with E-state index in [4.69, 9.17) is 0 Å². The first-order chi connectivity index (χ1) is 12.9. The summed E-state index contributed by atoms with van der Waals surface area (Å²) >= 11 is 1.55. The number of nitrogens with zero attached hydrogens (tertiary/aromatic N) is 5. The van der Waals surface area contributed by atoms with Crippen LogP contribution in [-0.4, -0.2) is 53.3 Å². The number of carbonyl (C=O) groups excluding carboxylic acids is 1. The normalized spacial score (nSPS) is 15.0. The van der Waals surface area contributed by atoms with Gasteiger partial charge in [0.1, 0.15) is 11.6 Å². The van der Waals surface area contributed by atoms with Gasteiger partial charge in [0.25, 0.3) is 0 Å². The third-order valence-electron chi connectivity index (χ3n) is 4.44. The summed E-state index contributed by atoms with van der Waals surface area (Å²) in [6.45, 7) is 9.24. The summed E-state index contributed by atoms with van der Waals surface area (Å²) in [5.74, 6) is 1.53. The van der Waals surface area contributed by atoms with Gasteiger partial charge < -0.3 is 15.1 Å². The van der Waals surface area contributed by atoms with E-state index in [9.17, 15) is 4.79 Å². The molecule has 2 aromatic heterocycles. The number of thioether (sulfide) groups is 1. The highest BCUT2D eigenvalue weighted by molar-refractivity contribution is 7.98. The van der Waals surface area contributed by atoms with E-state index in [2.05, 4.69) is 30.1 Å². The number of hydrogen-bond donors (Lipinski definition) is 1. The minimum absolute atomic E-state index is 0.0363. The number of nitrogens with one attached hydrogen (secondary N) is 1. The molecule has 3 rings (SSSR count). The molecule has 2 aromatic rings. The molecule has 0 aromatic carbocycles. The Labute approximate surface area is 164 Å². The summed E-state index contributed by atoms with van der Waals surface area (Å²) in [5, 5.41) is 3.66. The molecule has 1 aliphatic rings. The first kappa shape index (κ1) is 19.4. The largest absolute Gasteiger partial charge is 0.367 e. The Morgan fingerprint density at radius 2 is 1.78 bits per heavy atom. The van der Waals surface area contributed by atoms with Gasteiger partial charge >= 0.3 is 0 Å². The van der Waals surface area contributed by atoms with Crippen molar-refractivity contribution in [1.29, 1.82) is 0 Å². The molecule has 1 fully saturated rings. The molecule has 1 N–H and O–H groups in total. The van der Waals surface area contributed by atoms with Crippen LogP contribution < -0.4 is 15.1 Å². The molecule has 7 nitrogen and oxygen atoms in total. The summed E-state index contributed by atoms with van der Waals surface area (Å²) in [6, 6.07) is 5.83. The van der Waals surface area contributed by atoms with E-state index in [1.165, 1.54) is 0 Å². The van der Waals surface area contributed by atoms with E-state index < -0.39 is 5.41 Å². The van der Waals surface area contributed by atoms with Crippen LogP contribution in [0.4, 0.5) is 17.3 Å². The van der Waals surface area contributed by atoms with Gasteiger partial charge in [-0.25, -0.2) is 15.0 Å². The van der Waals surface area contributed by atoms with E-state index in [0.717, 1.165) is 42.8 Å². The van der Waals surface area contributed by atoms with Crippen molar-refractivity contribution in [3.05, 3.63) is 30.6 Å². The number of piperazine rings is 1. The van der Waals surface area contributed by atoms with Crippen LogP contribution >= 0.6 is 11.8 Å². The molecule has 1 saturated heterocycles. The molecule has 0 atom stereocenters. The third-order valence-corrected chi connectivity index (χ3v) is 5.00. The maximum atomic E-state index is 12.1. The Bertz CT molecular complexity index is 782. The molecule has 3 heterocycles. The number of amides is 1. The Morgan fingerprint density at radius 1 is 1.07 bits per heavy atom. The number of aromatic nitrogens is 3. The van der Waals surface area contributed by atoms with Gasteiger partial charge in [-0.2, -0.15) is 0 Å². The molecule has 8 heteroatoms. The molecule has 144 valence electrons. The summed E-state index contributed by atoms with van der Waals surface area (Å²) in [7, 11) is 0. The van der Waals surface area contributed by atoms with Gasteiger partial charge in [0.2, 0.25) is 5.91 Å². The second-order valence-electron chi connectivity index (χ2n) is 7.48. The van der Waals surface area contributed by atoms with Crippen molar-refractivity contribution < 1.29 is 4.79 Å². The predicted octanol–water partition coefficient (Wildman–Crippen LogP) is 2.90. The van der Waals surface area contributed by atoms with Crippen LogP contribution in [0.3, 0.4) is 0 Å². The van der Waals surface area contributed by atoms with Gasteiger partial charge in [0, 0.05) is 37.8 Å². The monoisotopic (exact) mass is 386 g/mol. The lowest BCUT2D eigenvalue weighted by atomic mass is 9.96. The van der Waals surface area contributed by atoms with Crippen LogP contribution in [0.1, 0.15) is 20.8 Å². The van der Waals surface area contributed by atoms with E-state index in [1.807, 2.05) is 57.6 Å². The zero-order valence-electron chi connectivity index (χ0n) is 16.3. The van der Waals surface area contributed by atoms with Crippen molar-refractivity contribution >= 4 is 35.0 Å². The summed E-state index contributed by atoms with van der Waals surface area (Å²) < 4.78 is 0. The van der Waals surface area contributed by atoms with Crippen molar-refractivity contribution in [2.75, 3.05) is 47.6 Å².